The average molecular weight is 775 g/mol. The molecule has 3 aliphatic rings. The van der Waals surface area contributed by atoms with Gasteiger partial charge in [-0.25, -0.2) is 9.67 Å². The molecule has 0 amide bonds. The Morgan fingerprint density at radius 1 is 0.756 bits per heavy atom. The van der Waals surface area contributed by atoms with Gasteiger partial charge in [-0.2, -0.15) is 13.2 Å². The molecule has 13 nitrogen and oxygen atoms in total. The van der Waals surface area contributed by atoms with E-state index in [1.54, 1.807) is 15.9 Å². The van der Waals surface area contributed by atoms with Gasteiger partial charge in [-0.3, -0.25) is 34.2 Å². The summed E-state index contributed by atoms with van der Waals surface area (Å²) < 4.78 is 43.6. The third kappa shape index (κ3) is 10.2. The van der Waals surface area contributed by atoms with E-state index in [1.165, 1.54) is 10.9 Å². The zero-order valence-electron chi connectivity index (χ0n) is 24.4. The number of hydrogen-bond acceptors (Lipinski definition) is 10. The molecule has 6 bridgehead atoms. The molecular formula is C28H34F3GdN9O4. The van der Waals surface area contributed by atoms with Gasteiger partial charge in [0, 0.05) is 105 Å². The largest absolute Gasteiger partial charge is 0.480 e. The van der Waals surface area contributed by atoms with Crippen LogP contribution in [0.5, 0.6) is 0 Å². The van der Waals surface area contributed by atoms with Gasteiger partial charge in [0.2, 0.25) is 0 Å². The van der Waals surface area contributed by atoms with E-state index in [4.69, 9.17) is 4.98 Å². The van der Waals surface area contributed by atoms with E-state index in [1.807, 2.05) is 17.0 Å². The Bertz CT molecular complexity index is 1440. The first-order valence-corrected chi connectivity index (χ1v) is 14.3. The summed E-state index contributed by atoms with van der Waals surface area (Å²) in [5.74, 6) is -1.96. The summed E-state index contributed by atoms with van der Waals surface area (Å²) in [6.07, 6.45) is -3.11. The van der Waals surface area contributed by atoms with E-state index in [2.05, 4.69) is 20.2 Å². The van der Waals surface area contributed by atoms with E-state index < -0.39 is 23.7 Å². The first kappa shape index (κ1) is 35.2. The van der Waals surface area contributed by atoms with Gasteiger partial charge in [0.25, 0.3) is 0 Å². The third-order valence-corrected chi connectivity index (χ3v) is 7.68. The number of alkyl halides is 3. The van der Waals surface area contributed by atoms with Gasteiger partial charge in [-0.05, 0) is 24.3 Å². The summed E-state index contributed by atoms with van der Waals surface area (Å²) in [7, 11) is 0. The third-order valence-electron chi connectivity index (χ3n) is 7.68. The van der Waals surface area contributed by atoms with Gasteiger partial charge in [0.15, 0.2) is 0 Å². The molecule has 0 aromatic carbocycles. The van der Waals surface area contributed by atoms with Crippen molar-refractivity contribution in [3.8, 4) is 11.4 Å². The number of carbonyl (C=O) groups is 2. The minimum absolute atomic E-state index is 0. The normalized spacial score (nSPS) is 20.4. The molecule has 1 fully saturated rings. The number of aromatic nitrogens is 5. The van der Waals surface area contributed by atoms with Crippen molar-refractivity contribution in [2.75, 3.05) is 65.4 Å². The average Bonchev–Trinajstić information content (AvgIpc) is 3.41. The second-order valence-corrected chi connectivity index (χ2v) is 11.0. The van der Waals surface area contributed by atoms with Crippen LogP contribution in [0.25, 0.3) is 11.4 Å². The minimum atomic E-state index is -4.62. The summed E-state index contributed by atoms with van der Waals surface area (Å²) >= 11 is 0. The Morgan fingerprint density at radius 3 is 1.82 bits per heavy atom. The maximum Gasteiger partial charge on any atom is 0.416 e. The molecule has 0 unspecified atom stereocenters. The predicted molar refractivity (Wildman–Crippen MR) is 150 cm³/mol. The maximum absolute atomic E-state index is 14.0. The molecule has 3 aromatic heterocycles. The second kappa shape index (κ2) is 15.8. The number of halogens is 3. The van der Waals surface area contributed by atoms with Crippen LogP contribution in [0.2, 0.25) is 0 Å². The molecule has 45 heavy (non-hydrogen) atoms. The van der Waals surface area contributed by atoms with Crippen LogP contribution in [0.3, 0.4) is 0 Å². The Morgan fingerprint density at radius 2 is 1.29 bits per heavy atom. The Balaban J connectivity index is 0.00000461. The van der Waals surface area contributed by atoms with Crippen LogP contribution in [0, 0.1) is 39.9 Å². The molecule has 0 spiro atoms. The van der Waals surface area contributed by atoms with E-state index in [0.29, 0.717) is 76.0 Å². The molecule has 3 aromatic rings. The Labute approximate surface area is 289 Å². The number of fused-ring (bicyclic) bond motifs is 8. The Hall–Kier alpha value is -2.67. The fraction of sp³-hybridized carbons (Fsp3) is 0.500. The number of hydrogen-bond donors (Lipinski definition) is 2. The molecule has 0 saturated carbocycles. The SMILES string of the molecule is O=C(O)CN1CCN2CCN(CC(=O)O)CCN(CC1)Cc1cccc(n1)-c1cnnn1Cc1cc(C(F)(F)F)cc(n1)C2.[Gd]. The second-order valence-electron chi connectivity index (χ2n) is 11.0. The molecule has 6 rings (SSSR count). The number of carboxylic acid groups (broad SMARTS) is 2. The zero-order chi connectivity index (χ0) is 31.3. The van der Waals surface area contributed by atoms with Crippen molar-refractivity contribution in [2.24, 2.45) is 0 Å². The van der Waals surface area contributed by atoms with Crippen LogP contribution >= 0.6 is 0 Å². The number of carboxylic acids is 2. The summed E-state index contributed by atoms with van der Waals surface area (Å²) in [5, 5.41) is 27.2. The number of nitrogens with zero attached hydrogens (tertiary/aromatic N) is 9. The van der Waals surface area contributed by atoms with Crippen LogP contribution in [0.1, 0.15) is 22.6 Å². The van der Waals surface area contributed by atoms with Crippen molar-refractivity contribution in [1.29, 1.82) is 0 Å². The fourth-order valence-electron chi connectivity index (χ4n) is 5.46. The maximum atomic E-state index is 14.0. The van der Waals surface area contributed by atoms with Crippen LogP contribution in [-0.4, -0.2) is 132 Å². The molecule has 17 heteroatoms. The molecule has 0 aliphatic carbocycles. The summed E-state index contributed by atoms with van der Waals surface area (Å²) in [4.78, 5) is 40.4. The van der Waals surface area contributed by atoms with Crippen molar-refractivity contribution >= 4 is 11.9 Å². The van der Waals surface area contributed by atoms with Crippen molar-refractivity contribution < 1.29 is 72.9 Å². The monoisotopic (exact) mass is 775 g/mol. The first-order chi connectivity index (χ1) is 21.0. The van der Waals surface area contributed by atoms with E-state index in [9.17, 15) is 33.0 Å². The van der Waals surface area contributed by atoms with Crippen LogP contribution in [0.15, 0.2) is 36.5 Å². The molecule has 0 atom stereocenters. The molecule has 3 aliphatic heterocycles. The van der Waals surface area contributed by atoms with E-state index in [-0.39, 0.29) is 77.5 Å². The van der Waals surface area contributed by atoms with E-state index >= 15 is 0 Å². The Kier molecular flexibility index (Phi) is 12.3. The standard InChI is InChI=1S/C28H34F3N9O4.Gd/c29-28(30,31)20-12-22-16-37-6-10-38(18-26(41)42)8-4-36(5-9-39(11-7-37)19-27(43)44)15-21-2-1-3-24(34-21)25-14-32-35-40(25)17-23(13-20)33-22;/h1-3,12-14H,4-11,15-19H2,(H,41,42)(H,43,44);. The van der Waals surface area contributed by atoms with Crippen molar-refractivity contribution in [3.05, 3.63) is 59.2 Å². The summed E-state index contributed by atoms with van der Waals surface area (Å²) in [5.41, 5.74) is 1.25. The zero-order valence-corrected chi connectivity index (χ0v) is 26.6. The van der Waals surface area contributed by atoms with Gasteiger partial charge in [0.05, 0.1) is 54.2 Å². The van der Waals surface area contributed by atoms with Gasteiger partial charge in [0.1, 0.15) is 5.69 Å². The molecular weight excluding hydrogens is 741 g/mol. The van der Waals surface area contributed by atoms with Crippen LogP contribution in [-0.2, 0) is 35.4 Å². The van der Waals surface area contributed by atoms with Gasteiger partial charge in [-0.15, -0.1) is 5.10 Å². The van der Waals surface area contributed by atoms with Crippen molar-refractivity contribution in [1.82, 2.24) is 44.6 Å². The predicted octanol–water partition coefficient (Wildman–Crippen LogP) is 1.21. The fourth-order valence-corrected chi connectivity index (χ4v) is 5.46. The molecule has 1 saturated heterocycles. The molecule has 0 radical (unpaired) electrons. The quantitative estimate of drug-likeness (QED) is 0.394. The van der Waals surface area contributed by atoms with Gasteiger partial charge < -0.3 is 10.2 Å². The van der Waals surface area contributed by atoms with E-state index in [0.717, 1.165) is 12.1 Å². The summed E-state index contributed by atoms with van der Waals surface area (Å²) in [6.45, 7) is 3.24. The molecule has 2 N–H and O–H groups in total. The van der Waals surface area contributed by atoms with Gasteiger partial charge >= 0.3 is 18.1 Å². The smallest absolute Gasteiger partial charge is 0.416 e. The molecule has 244 valence electrons. The van der Waals surface area contributed by atoms with Crippen LogP contribution in [0.4, 0.5) is 13.2 Å². The minimum Gasteiger partial charge on any atom is -0.480 e. The van der Waals surface area contributed by atoms with Crippen molar-refractivity contribution in [2.45, 2.75) is 25.8 Å². The van der Waals surface area contributed by atoms with Crippen LogP contribution < -0.4 is 0 Å². The number of rotatable bonds is 4. The number of aliphatic carboxylic acids is 2. The van der Waals surface area contributed by atoms with Gasteiger partial charge in [-0.1, -0.05) is 11.3 Å². The molecule has 6 heterocycles. The number of pyridine rings is 2. The summed E-state index contributed by atoms with van der Waals surface area (Å²) in [6, 6.07) is 7.47. The first-order valence-electron chi connectivity index (χ1n) is 14.3. The van der Waals surface area contributed by atoms with Crippen molar-refractivity contribution in [3.63, 3.8) is 0 Å². The topological polar surface area (TPSA) is 144 Å².